The van der Waals surface area contributed by atoms with E-state index in [0.717, 1.165) is 48.5 Å². The van der Waals surface area contributed by atoms with Crippen molar-refractivity contribution >= 4 is 34.7 Å². The van der Waals surface area contributed by atoms with Gasteiger partial charge in [-0.2, -0.15) is 0 Å². The zero-order valence-corrected chi connectivity index (χ0v) is 19.4. The third-order valence-corrected chi connectivity index (χ3v) is 5.77. The Kier molecular flexibility index (Phi) is 7.07. The summed E-state index contributed by atoms with van der Waals surface area (Å²) in [6, 6.07) is 5.51. The van der Waals surface area contributed by atoms with E-state index in [4.69, 9.17) is 28.2 Å². The van der Waals surface area contributed by atoms with Crippen LogP contribution in [0.4, 0.5) is 5.82 Å². The molecule has 0 spiro atoms. The lowest BCUT2D eigenvalue weighted by atomic mass is 10.1. The van der Waals surface area contributed by atoms with E-state index in [2.05, 4.69) is 48.9 Å². The molecule has 0 aliphatic heterocycles. The topological polar surface area (TPSA) is 33.4 Å². The van der Waals surface area contributed by atoms with Crippen LogP contribution in [0.25, 0.3) is 16.9 Å². The number of hydrogen-bond acceptors (Lipinski definition) is 3. The van der Waals surface area contributed by atoms with Gasteiger partial charge in [-0.1, -0.05) is 64.2 Å². The summed E-state index contributed by atoms with van der Waals surface area (Å²) in [4.78, 5) is 12.1. The maximum absolute atomic E-state index is 6.49. The van der Waals surface area contributed by atoms with Crippen molar-refractivity contribution in [2.24, 2.45) is 11.8 Å². The molecule has 156 valence electrons. The zero-order chi connectivity index (χ0) is 21.1. The first-order chi connectivity index (χ1) is 13.8. The van der Waals surface area contributed by atoms with Gasteiger partial charge in [0.05, 0.1) is 10.7 Å². The first kappa shape index (κ1) is 21.9. The fourth-order valence-corrected chi connectivity index (χ4v) is 4.15. The minimum Gasteiger partial charge on any atom is -0.356 e. The van der Waals surface area contributed by atoms with Gasteiger partial charge in [0.1, 0.15) is 11.5 Å². The van der Waals surface area contributed by atoms with Gasteiger partial charge >= 0.3 is 0 Å². The van der Waals surface area contributed by atoms with Crippen LogP contribution in [0.1, 0.15) is 46.7 Å². The molecule has 1 unspecified atom stereocenters. The van der Waals surface area contributed by atoms with Gasteiger partial charge in [0.15, 0.2) is 5.65 Å². The highest BCUT2D eigenvalue weighted by Gasteiger charge is 2.22. The van der Waals surface area contributed by atoms with E-state index in [1.54, 1.807) is 6.07 Å². The van der Waals surface area contributed by atoms with Crippen molar-refractivity contribution in [1.82, 2.24) is 14.4 Å². The lowest BCUT2D eigenvalue weighted by Gasteiger charge is -2.29. The molecule has 0 fully saturated rings. The third-order valence-electron chi connectivity index (χ3n) is 5.22. The zero-order valence-electron chi connectivity index (χ0n) is 17.9. The van der Waals surface area contributed by atoms with E-state index in [1.807, 2.05) is 24.5 Å². The van der Waals surface area contributed by atoms with Gasteiger partial charge in [-0.15, -0.1) is 0 Å². The summed E-state index contributed by atoms with van der Waals surface area (Å²) in [6.07, 6.45) is 5.85. The van der Waals surface area contributed by atoms with Crippen LogP contribution in [-0.2, 0) is 6.42 Å². The molecule has 0 saturated carbocycles. The highest BCUT2D eigenvalue weighted by molar-refractivity contribution is 6.36. The molecule has 0 aliphatic carbocycles. The van der Waals surface area contributed by atoms with Gasteiger partial charge in [0.2, 0.25) is 0 Å². The summed E-state index contributed by atoms with van der Waals surface area (Å²) in [5, 5.41) is 1.19. The highest BCUT2D eigenvalue weighted by atomic mass is 35.5. The van der Waals surface area contributed by atoms with E-state index >= 15 is 0 Å². The average molecular weight is 433 g/mol. The standard InChI is InChI=1S/C23H30Cl2N4/c1-6-16(5)14-28(13-15(3)4)23-20(7-2)27-22-21(26-10-11-29(22)23)18-9-8-17(24)12-19(18)25/h8-12,15-16H,6-7,13-14H2,1-5H3. The summed E-state index contributed by atoms with van der Waals surface area (Å²) in [5.74, 6) is 2.34. The minimum absolute atomic E-state index is 0.557. The number of imidazole rings is 1. The summed E-state index contributed by atoms with van der Waals surface area (Å²) in [7, 11) is 0. The number of hydrogen-bond donors (Lipinski definition) is 0. The molecule has 1 atom stereocenters. The maximum Gasteiger partial charge on any atom is 0.165 e. The number of aromatic nitrogens is 3. The second-order valence-corrected chi connectivity index (χ2v) is 8.99. The molecule has 29 heavy (non-hydrogen) atoms. The van der Waals surface area contributed by atoms with E-state index in [9.17, 15) is 0 Å². The Bertz CT molecular complexity index is 980. The molecule has 0 radical (unpaired) electrons. The lowest BCUT2D eigenvalue weighted by Crippen LogP contribution is -2.33. The number of fused-ring (bicyclic) bond motifs is 1. The first-order valence-corrected chi connectivity index (χ1v) is 11.2. The van der Waals surface area contributed by atoms with Crippen LogP contribution in [0, 0.1) is 11.8 Å². The number of nitrogens with zero attached hydrogens (tertiary/aromatic N) is 4. The SMILES string of the molecule is CCc1nc2c(-c3ccc(Cl)cc3Cl)nccn2c1N(CC(C)C)CC(C)CC. The van der Waals surface area contributed by atoms with Crippen molar-refractivity contribution in [3.63, 3.8) is 0 Å². The smallest absolute Gasteiger partial charge is 0.165 e. The average Bonchev–Trinajstić information content (AvgIpc) is 3.06. The second-order valence-electron chi connectivity index (χ2n) is 8.14. The van der Waals surface area contributed by atoms with Gasteiger partial charge in [-0.05, 0) is 36.5 Å². The first-order valence-electron chi connectivity index (χ1n) is 10.4. The normalized spacial score (nSPS) is 12.7. The van der Waals surface area contributed by atoms with Crippen molar-refractivity contribution < 1.29 is 0 Å². The van der Waals surface area contributed by atoms with Crippen LogP contribution >= 0.6 is 23.2 Å². The summed E-state index contributed by atoms with van der Waals surface area (Å²) < 4.78 is 2.18. The van der Waals surface area contributed by atoms with Crippen molar-refractivity contribution in [3.8, 4) is 11.3 Å². The maximum atomic E-state index is 6.49. The van der Waals surface area contributed by atoms with Crippen LogP contribution in [0.15, 0.2) is 30.6 Å². The number of anilines is 1. The molecular formula is C23H30Cl2N4. The van der Waals surface area contributed by atoms with Gasteiger partial charge in [-0.25, -0.2) is 4.98 Å². The summed E-state index contributed by atoms with van der Waals surface area (Å²) >= 11 is 12.6. The second kappa shape index (κ2) is 9.36. The van der Waals surface area contributed by atoms with Crippen LogP contribution in [0.3, 0.4) is 0 Å². The van der Waals surface area contributed by atoms with Crippen LogP contribution < -0.4 is 4.90 Å². The van der Waals surface area contributed by atoms with Crippen LogP contribution in [0.2, 0.25) is 10.0 Å². The molecule has 3 aromatic rings. The third kappa shape index (κ3) is 4.70. The Balaban J connectivity index is 2.20. The van der Waals surface area contributed by atoms with Crippen LogP contribution in [-0.4, -0.2) is 27.5 Å². The van der Waals surface area contributed by atoms with Crippen LogP contribution in [0.5, 0.6) is 0 Å². The molecule has 0 saturated heterocycles. The Morgan fingerprint density at radius 1 is 1.10 bits per heavy atom. The monoisotopic (exact) mass is 432 g/mol. The Labute approximate surface area is 183 Å². The van der Waals surface area contributed by atoms with E-state index in [-0.39, 0.29) is 0 Å². The molecule has 0 aliphatic rings. The molecule has 0 N–H and O–H groups in total. The molecule has 1 aromatic carbocycles. The summed E-state index contributed by atoms with van der Waals surface area (Å²) in [5.41, 5.74) is 3.55. The number of aryl methyl sites for hydroxylation is 1. The highest BCUT2D eigenvalue weighted by Crippen LogP contribution is 2.34. The number of halogens is 2. The molecule has 2 aromatic heterocycles. The molecule has 0 bridgehead atoms. The van der Waals surface area contributed by atoms with Crippen molar-refractivity contribution in [3.05, 3.63) is 46.3 Å². The molecular weight excluding hydrogens is 403 g/mol. The van der Waals surface area contributed by atoms with Gasteiger partial charge in [0, 0.05) is 36.1 Å². The van der Waals surface area contributed by atoms with E-state index in [0.29, 0.717) is 21.9 Å². The molecule has 6 heteroatoms. The largest absolute Gasteiger partial charge is 0.356 e. The molecule has 0 amide bonds. The molecule has 2 heterocycles. The van der Waals surface area contributed by atoms with Crippen molar-refractivity contribution in [2.45, 2.75) is 47.5 Å². The van der Waals surface area contributed by atoms with Gasteiger partial charge in [0.25, 0.3) is 0 Å². The quantitative estimate of drug-likeness (QED) is 0.393. The van der Waals surface area contributed by atoms with E-state index in [1.165, 1.54) is 5.82 Å². The van der Waals surface area contributed by atoms with Gasteiger partial charge in [-0.3, -0.25) is 9.38 Å². The van der Waals surface area contributed by atoms with E-state index < -0.39 is 0 Å². The summed E-state index contributed by atoms with van der Waals surface area (Å²) in [6.45, 7) is 13.2. The Morgan fingerprint density at radius 3 is 2.48 bits per heavy atom. The predicted octanol–water partition coefficient (Wildman–Crippen LogP) is 6.77. The van der Waals surface area contributed by atoms with Gasteiger partial charge < -0.3 is 4.90 Å². The van der Waals surface area contributed by atoms with Crippen molar-refractivity contribution in [2.75, 3.05) is 18.0 Å². The van der Waals surface area contributed by atoms with Crippen molar-refractivity contribution in [1.29, 1.82) is 0 Å². The number of benzene rings is 1. The lowest BCUT2D eigenvalue weighted by molar-refractivity contribution is 0.508. The Hall–Kier alpha value is -1.78. The molecule has 4 nitrogen and oxygen atoms in total. The minimum atomic E-state index is 0.557. The predicted molar refractivity (Wildman–Crippen MR) is 124 cm³/mol. The Morgan fingerprint density at radius 2 is 1.86 bits per heavy atom. The molecule has 3 rings (SSSR count). The fraction of sp³-hybridized carbons (Fsp3) is 0.478. The fourth-order valence-electron chi connectivity index (χ4n) is 3.65. The number of rotatable bonds is 8.